The standard InChI is InChI=1S/C31H37N5O2/c1-22(2)16-18-32-31(38)30(26-14-12-23(3)13-15-26)35(19-17-25-9-7-8-24(4)20-25)29(37)21-36-28-11-6-5-10-27(28)33-34-36/h5-15,20,22,30H,16-19,21H2,1-4H3,(H,32,38)/t30-/m1/s1. The molecule has 0 aliphatic carbocycles. The highest BCUT2D eigenvalue weighted by Crippen LogP contribution is 2.24. The Hall–Kier alpha value is -4.00. The van der Waals surface area contributed by atoms with Crippen molar-refractivity contribution in [3.05, 3.63) is 95.1 Å². The lowest BCUT2D eigenvalue weighted by Crippen LogP contribution is -2.46. The van der Waals surface area contributed by atoms with E-state index in [0.29, 0.717) is 25.4 Å². The maximum Gasteiger partial charge on any atom is 0.247 e. The number of hydrogen-bond donors (Lipinski definition) is 1. The van der Waals surface area contributed by atoms with E-state index < -0.39 is 6.04 Å². The van der Waals surface area contributed by atoms with Gasteiger partial charge in [-0.2, -0.15) is 0 Å². The van der Waals surface area contributed by atoms with Crippen LogP contribution in [0.25, 0.3) is 11.0 Å². The molecule has 0 radical (unpaired) electrons. The van der Waals surface area contributed by atoms with E-state index in [4.69, 9.17) is 0 Å². The fourth-order valence-electron chi connectivity index (χ4n) is 4.57. The van der Waals surface area contributed by atoms with E-state index in [2.05, 4.69) is 54.6 Å². The number of carbonyl (C=O) groups is 2. The minimum atomic E-state index is -0.755. The van der Waals surface area contributed by atoms with Crippen molar-refractivity contribution in [2.75, 3.05) is 13.1 Å². The molecule has 0 saturated carbocycles. The Morgan fingerprint density at radius 3 is 2.45 bits per heavy atom. The third-order valence-electron chi connectivity index (χ3n) is 6.72. The second-order valence-corrected chi connectivity index (χ2v) is 10.3. The van der Waals surface area contributed by atoms with Crippen LogP contribution in [0.3, 0.4) is 0 Å². The number of carbonyl (C=O) groups excluding carboxylic acids is 2. The van der Waals surface area contributed by atoms with Crippen molar-refractivity contribution in [1.29, 1.82) is 0 Å². The molecule has 0 unspecified atom stereocenters. The molecule has 3 aromatic carbocycles. The number of benzene rings is 3. The summed E-state index contributed by atoms with van der Waals surface area (Å²) in [6.45, 7) is 9.28. The zero-order chi connectivity index (χ0) is 27.1. The molecule has 0 saturated heterocycles. The SMILES string of the molecule is Cc1ccc([C@H](C(=O)NCCC(C)C)N(CCc2cccc(C)c2)C(=O)Cn2nnc3ccccc32)cc1. The Morgan fingerprint density at radius 2 is 1.71 bits per heavy atom. The van der Waals surface area contributed by atoms with Gasteiger partial charge in [0.15, 0.2) is 0 Å². The van der Waals surface area contributed by atoms with Crippen molar-refractivity contribution in [2.24, 2.45) is 5.92 Å². The van der Waals surface area contributed by atoms with E-state index in [1.807, 2.05) is 61.5 Å². The number of hydrogen-bond acceptors (Lipinski definition) is 4. The van der Waals surface area contributed by atoms with Crippen molar-refractivity contribution in [3.8, 4) is 0 Å². The zero-order valence-corrected chi connectivity index (χ0v) is 22.7. The summed E-state index contributed by atoms with van der Waals surface area (Å²) in [7, 11) is 0. The first-order chi connectivity index (χ1) is 18.3. The van der Waals surface area contributed by atoms with Gasteiger partial charge < -0.3 is 10.2 Å². The number of para-hydroxylation sites is 1. The molecule has 0 bridgehead atoms. The third kappa shape index (κ3) is 6.85. The molecule has 1 atom stereocenters. The van der Waals surface area contributed by atoms with E-state index in [1.165, 1.54) is 0 Å². The number of fused-ring (bicyclic) bond motifs is 1. The van der Waals surface area contributed by atoms with Crippen LogP contribution in [0.1, 0.15) is 48.6 Å². The average Bonchev–Trinajstić information content (AvgIpc) is 3.29. The quantitative estimate of drug-likeness (QED) is 0.307. The normalized spacial score (nSPS) is 12.0. The second-order valence-electron chi connectivity index (χ2n) is 10.3. The number of nitrogens with one attached hydrogen (secondary N) is 1. The van der Waals surface area contributed by atoms with E-state index in [-0.39, 0.29) is 18.4 Å². The third-order valence-corrected chi connectivity index (χ3v) is 6.72. The maximum atomic E-state index is 14.0. The summed E-state index contributed by atoms with van der Waals surface area (Å²) in [5.41, 5.74) is 5.69. The molecule has 4 rings (SSSR count). The molecule has 38 heavy (non-hydrogen) atoms. The fourth-order valence-corrected chi connectivity index (χ4v) is 4.57. The van der Waals surface area contributed by atoms with Gasteiger partial charge in [-0.15, -0.1) is 5.10 Å². The van der Waals surface area contributed by atoms with Crippen LogP contribution in [0.5, 0.6) is 0 Å². The first-order valence-corrected chi connectivity index (χ1v) is 13.3. The molecule has 2 amide bonds. The number of amides is 2. The van der Waals surface area contributed by atoms with Gasteiger partial charge in [0.2, 0.25) is 11.8 Å². The van der Waals surface area contributed by atoms with Gasteiger partial charge in [0.05, 0.1) is 5.52 Å². The number of nitrogens with zero attached hydrogens (tertiary/aromatic N) is 4. The summed E-state index contributed by atoms with van der Waals surface area (Å²) >= 11 is 0. The summed E-state index contributed by atoms with van der Waals surface area (Å²) in [6, 6.07) is 22.9. The minimum absolute atomic E-state index is 0.00400. The predicted octanol–water partition coefficient (Wildman–Crippen LogP) is 5.02. The summed E-state index contributed by atoms with van der Waals surface area (Å²) in [4.78, 5) is 29.4. The van der Waals surface area contributed by atoms with Gasteiger partial charge in [0.25, 0.3) is 0 Å². The monoisotopic (exact) mass is 511 g/mol. The van der Waals surface area contributed by atoms with Gasteiger partial charge >= 0.3 is 0 Å². The van der Waals surface area contributed by atoms with Crippen LogP contribution < -0.4 is 5.32 Å². The van der Waals surface area contributed by atoms with Crippen LogP contribution in [-0.2, 0) is 22.6 Å². The van der Waals surface area contributed by atoms with Crippen molar-refractivity contribution in [1.82, 2.24) is 25.2 Å². The number of aryl methyl sites for hydroxylation is 2. The van der Waals surface area contributed by atoms with E-state index in [0.717, 1.165) is 39.7 Å². The van der Waals surface area contributed by atoms with Crippen LogP contribution in [0, 0.1) is 19.8 Å². The van der Waals surface area contributed by atoms with Crippen LogP contribution in [0.4, 0.5) is 0 Å². The predicted molar refractivity (Wildman–Crippen MR) is 151 cm³/mol. The Labute approximate surface area is 224 Å². The molecule has 7 nitrogen and oxygen atoms in total. The molecule has 0 aliphatic rings. The van der Waals surface area contributed by atoms with E-state index >= 15 is 0 Å². The zero-order valence-electron chi connectivity index (χ0n) is 22.7. The van der Waals surface area contributed by atoms with Gasteiger partial charge in [0.1, 0.15) is 18.1 Å². The van der Waals surface area contributed by atoms with E-state index in [9.17, 15) is 9.59 Å². The number of aromatic nitrogens is 3. The topological polar surface area (TPSA) is 80.1 Å². The van der Waals surface area contributed by atoms with Gasteiger partial charge in [-0.05, 0) is 55.9 Å². The molecular formula is C31H37N5O2. The lowest BCUT2D eigenvalue weighted by molar-refractivity contribution is -0.141. The highest BCUT2D eigenvalue weighted by atomic mass is 16.2. The van der Waals surface area contributed by atoms with Gasteiger partial charge in [-0.3, -0.25) is 9.59 Å². The van der Waals surface area contributed by atoms with Crippen molar-refractivity contribution in [2.45, 2.75) is 53.1 Å². The molecule has 1 aromatic heterocycles. The summed E-state index contributed by atoms with van der Waals surface area (Å²) in [6.07, 6.45) is 1.50. The fraction of sp³-hybridized carbons (Fsp3) is 0.355. The first-order valence-electron chi connectivity index (χ1n) is 13.3. The molecule has 1 N–H and O–H groups in total. The summed E-state index contributed by atoms with van der Waals surface area (Å²) in [5.74, 6) is 0.112. The van der Waals surface area contributed by atoms with Crippen molar-refractivity contribution in [3.63, 3.8) is 0 Å². The molecule has 0 fully saturated rings. The largest absolute Gasteiger partial charge is 0.354 e. The van der Waals surface area contributed by atoms with Crippen LogP contribution in [0.2, 0.25) is 0 Å². The lowest BCUT2D eigenvalue weighted by Gasteiger charge is -2.32. The van der Waals surface area contributed by atoms with E-state index in [1.54, 1.807) is 9.58 Å². The highest BCUT2D eigenvalue weighted by molar-refractivity contribution is 5.89. The molecule has 0 spiro atoms. The van der Waals surface area contributed by atoms with Gasteiger partial charge in [-0.25, -0.2) is 4.68 Å². The number of rotatable bonds is 11. The molecule has 1 heterocycles. The smallest absolute Gasteiger partial charge is 0.247 e. The first kappa shape index (κ1) is 27.0. The average molecular weight is 512 g/mol. The van der Waals surface area contributed by atoms with Crippen LogP contribution in [-0.4, -0.2) is 44.8 Å². The van der Waals surface area contributed by atoms with Gasteiger partial charge in [-0.1, -0.05) is 90.9 Å². The molecule has 0 aliphatic heterocycles. The van der Waals surface area contributed by atoms with Gasteiger partial charge in [0, 0.05) is 13.1 Å². The summed E-state index contributed by atoms with van der Waals surface area (Å²) < 4.78 is 1.61. The van der Waals surface area contributed by atoms with Crippen LogP contribution >= 0.6 is 0 Å². The molecule has 7 heteroatoms. The minimum Gasteiger partial charge on any atom is -0.354 e. The van der Waals surface area contributed by atoms with Crippen molar-refractivity contribution < 1.29 is 9.59 Å². The highest BCUT2D eigenvalue weighted by Gasteiger charge is 2.31. The Bertz CT molecular complexity index is 1380. The van der Waals surface area contributed by atoms with Crippen molar-refractivity contribution >= 4 is 22.8 Å². The Kier molecular flexibility index (Phi) is 8.89. The van der Waals surface area contributed by atoms with Crippen LogP contribution in [0.15, 0.2) is 72.8 Å². The summed E-state index contributed by atoms with van der Waals surface area (Å²) in [5, 5.41) is 11.5. The Morgan fingerprint density at radius 1 is 0.947 bits per heavy atom. The molecule has 198 valence electrons. The molecular weight excluding hydrogens is 474 g/mol. The molecule has 4 aromatic rings. The maximum absolute atomic E-state index is 14.0. The Balaban J connectivity index is 1.67. The second kappa shape index (κ2) is 12.5. The lowest BCUT2D eigenvalue weighted by atomic mass is 10.0.